The maximum Gasteiger partial charge on any atom is 0.315 e. The first kappa shape index (κ1) is 18.6. The molecule has 0 saturated carbocycles. The number of carbonyl (C=O) groups excluding carboxylic acids is 1. The molecule has 1 atom stereocenters. The van der Waals surface area contributed by atoms with E-state index < -0.39 is 0 Å². The first-order valence-corrected chi connectivity index (χ1v) is 8.29. The molecule has 1 aromatic carbocycles. The Labute approximate surface area is 148 Å². The van der Waals surface area contributed by atoms with Crippen LogP contribution in [0.4, 0.5) is 4.79 Å². The zero-order valence-electron chi connectivity index (χ0n) is 15.4. The van der Waals surface area contributed by atoms with Gasteiger partial charge in [-0.05, 0) is 44.5 Å². The minimum Gasteiger partial charge on any atom is -0.493 e. The molecule has 0 aliphatic carbocycles. The van der Waals surface area contributed by atoms with E-state index in [4.69, 9.17) is 9.47 Å². The van der Waals surface area contributed by atoms with E-state index in [0.29, 0.717) is 24.7 Å². The Balaban J connectivity index is 1.95. The van der Waals surface area contributed by atoms with Gasteiger partial charge in [-0.15, -0.1) is 0 Å². The third-order valence-corrected chi connectivity index (χ3v) is 3.86. The summed E-state index contributed by atoms with van der Waals surface area (Å²) in [5.74, 6) is 1.34. The fourth-order valence-electron chi connectivity index (χ4n) is 2.56. The highest BCUT2D eigenvalue weighted by atomic mass is 16.5. The van der Waals surface area contributed by atoms with E-state index in [2.05, 4.69) is 15.7 Å². The summed E-state index contributed by atoms with van der Waals surface area (Å²) < 4.78 is 12.6. The highest BCUT2D eigenvalue weighted by molar-refractivity contribution is 5.74. The first-order valence-electron chi connectivity index (χ1n) is 8.29. The maximum absolute atomic E-state index is 12.1. The monoisotopic (exact) mass is 346 g/mol. The molecule has 2 N–H and O–H groups in total. The van der Waals surface area contributed by atoms with E-state index in [0.717, 1.165) is 17.0 Å². The number of hydrogen-bond acceptors (Lipinski definition) is 4. The first-order chi connectivity index (χ1) is 11.9. The van der Waals surface area contributed by atoms with E-state index in [1.165, 1.54) is 0 Å². The van der Waals surface area contributed by atoms with Crippen LogP contribution in [0.2, 0.25) is 0 Å². The molecular formula is C18H26N4O3. The second-order valence-electron chi connectivity index (χ2n) is 5.79. The Morgan fingerprint density at radius 3 is 2.68 bits per heavy atom. The molecule has 2 aromatic rings. The molecule has 0 radical (unpaired) electrons. The summed E-state index contributed by atoms with van der Waals surface area (Å²) in [6, 6.07) is 7.19. The van der Waals surface area contributed by atoms with Crippen molar-refractivity contribution in [3.63, 3.8) is 0 Å². The van der Waals surface area contributed by atoms with Crippen LogP contribution >= 0.6 is 0 Å². The molecule has 136 valence electrons. The standard InChI is InChI=1S/C18H26N4O3/c1-6-25-16-8-7-14(10-17(16)24-5)13(3)20-18(23)19-11-15-9-12(2)21-22(15)4/h7-10,13H,6,11H2,1-5H3,(H2,19,20,23). The lowest BCUT2D eigenvalue weighted by Gasteiger charge is -2.17. The average molecular weight is 346 g/mol. The Morgan fingerprint density at radius 2 is 2.08 bits per heavy atom. The molecule has 0 aliphatic rings. The molecular weight excluding hydrogens is 320 g/mol. The lowest BCUT2D eigenvalue weighted by atomic mass is 10.1. The predicted molar refractivity (Wildman–Crippen MR) is 95.9 cm³/mol. The van der Waals surface area contributed by atoms with E-state index in [1.807, 2.05) is 52.1 Å². The van der Waals surface area contributed by atoms with Crippen LogP contribution in [-0.2, 0) is 13.6 Å². The van der Waals surface area contributed by atoms with Crippen LogP contribution in [0.5, 0.6) is 11.5 Å². The van der Waals surface area contributed by atoms with Crippen LogP contribution in [0.1, 0.15) is 36.8 Å². The Morgan fingerprint density at radius 1 is 1.32 bits per heavy atom. The number of aromatic nitrogens is 2. The van der Waals surface area contributed by atoms with Crippen LogP contribution in [0.3, 0.4) is 0 Å². The van der Waals surface area contributed by atoms with Crippen LogP contribution in [0.15, 0.2) is 24.3 Å². The number of rotatable bonds is 7. The van der Waals surface area contributed by atoms with Crippen molar-refractivity contribution in [1.29, 1.82) is 0 Å². The average Bonchev–Trinajstić information content (AvgIpc) is 2.91. The number of carbonyl (C=O) groups is 1. The summed E-state index contributed by atoms with van der Waals surface area (Å²) in [5, 5.41) is 10.0. The van der Waals surface area contributed by atoms with Gasteiger partial charge in [0, 0.05) is 7.05 Å². The number of benzene rings is 1. The molecule has 0 aliphatic heterocycles. The summed E-state index contributed by atoms with van der Waals surface area (Å²) in [7, 11) is 3.46. The molecule has 1 heterocycles. The van der Waals surface area contributed by atoms with Crippen LogP contribution in [0.25, 0.3) is 0 Å². The zero-order chi connectivity index (χ0) is 18.4. The van der Waals surface area contributed by atoms with Crippen molar-refractivity contribution in [2.45, 2.75) is 33.4 Å². The second-order valence-corrected chi connectivity index (χ2v) is 5.79. The fraction of sp³-hybridized carbons (Fsp3) is 0.444. The highest BCUT2D eigenvalue weighted by Crippen LogP contribution is 2.30. The molecule has 7 heteroatoms. The lowest BCUT2D eigenvalue weighted by Crippen LogP contribution is -2.37. The number of aryl methyl sites for hydroxylation is 2. The number of nitrogens with zero attached hydrogens (tertiary/aromatic N) is 2. The molecule has 0 saturated heterocycles. The van der Waals surface area contributed by atoms with E-state index in [-0.39, 0.29) is 12.1 Å². The summed E-state index contributed by atoms with van der Waals surface area (Å²) in [6.07, 6.45) is 0. The van der Waals surface area contributed by atoms with Crippen molar-refractivity contribution < 1.29 is 14.3 Å². The van der Waals surface area contributed by atoms with Gasteiger partial charge in [-0.1, -0.05) is 6.07 Å². The van der Waals surface area contributed by atoms with Gasteiger partial charge in [0.1, 0.15) is 0 Å². The van der Waals surface area contributed by atoms with Crippen LogP contribution < -0.4 is 20.1 Å². The smallest absolute Gasteiger partial charge is 0.315 e. The van der Waals surface area contributed by atoms with E-state index in [9.17, 15) is 4.79 Å². The Hall–Kier alpha value is -2.70. The Bertz CT molecular complexity index is 727. The van der Waals surface area contributed by atoms with Crippen LogP contribution in [-0.4, -0.2) is 29.5 Å². The van der Waals surface area contributed by atoms with E-state index in [1.54, 1.807) is 11.8 Å². The fourth-order valence-corrected chi connectivity index (χ4v) is 2.56. The minimum absolute atomic E-state index is 0.169. The van der Waals surface area contributed by atoms with Gasteiger partial charge in [0.15, 0.2) is 11.5 Å². The lowest BCUT2D eigenvalue weighted by molar-refractivity contribution is 0.237. The van der Waals surface area contributed by atoms with Gasteiger partial charge in [0.05, 0.1) is 37.7 Å². The van der Waals surface area contributed by atoms with Gasteiger partial charge in [-0.2, -0.15) is 5.10 Å². The second kappa shape index (κ2) is 8.41. The normalized spacial score (nSPS) is 11.7. The summed E-state index contributed by atoms with van der Waals surface area (Å²) in [5.41, 5.74) is 2.81. The summed E-state index contributed by atoms with van der Waals surface area (Å²) in [6.45, 7) is 6.75. The van der Waals surface area contributed by atoms with E-state index >= 15 is 0 Å². The third-order valence-electron chi connectivity index (χ3n) is 3.86. The molecule has 2 rings (SSSR count). The molecule has 25 heavy (non-hydrogen) atoms. The molecule has 0 bridgehead atoms. The predicted octanol–water partition coefficient (Wildman–Crippen LogP) is 2.70. The van der Waals surface area contributed by atoms with Crippen molar-refractivity contribution in [3.05, 3.63) is 41.2 Å². The topological polar surface area (TPSA) is 77.4 Å². The van der Waals surface area contributed by atoms with Crippen molar-refractivity contribution in [3.8, 4) is 11.5 Å². The van der Waals surface area contributed by atoms with Gasteiger partial charge >= 0.3 is 6.03 Å². The molecule has 1 unspecified atom stereocenters. The number of methoxy groups -OCH3 is 1. The summed E-state index contributed by atoms with van der Waals surface area (Å²) in [4.78, 5) is 12.1. The van der Waals surface area contributed by atoms with Gasteiger partial charge in [0.2, 0.25) is 0 Å². The quantitative estimate of drug-likeness (QED) is 0.808. The SMILES string of the molecule is CCOc1ccc(C(C)NC(=O)NCc2cc(C)nn2C)cc1OC. The molecule has 2 amide bonds. The number of hydrogen-bond donors (Lipinski definition) is 2. The number of nitrogens with one attached hydrogen (secondary N) is 2. The number of amides is 2. The summed E-state index contributed by atoms with van der Waals surface area (Å²) >= 11 is 0. The largest absolute Gasteiger partial charge is 0.493 e. The van der Waals surface area contributed by atoms with Gasteiger partial charge < -0.3 is 20.1 Å². The van der Waals surface area contributed by atoms with Crippen molar-refractivity contribution in [1.82, 2.24) is 20.4 Å². The molecule has 1 aromatic heterocycles. The third kappa shape index (κ3) is 4.89. The highest BCUT2D eigenvalue weighted by Gasteiger charge is 2.13. The van der Waals surface area contributed by atoms with Crippen LogP contribution in [0, 0.1) is 6.92 Å². The van der Waals surface area contributed by atoms with Crippen molar-refractivity contribution in [2.75, 3.05) is 13.7 Å². The molecule has 0 spiro atoms. The van der Waals surface area contributed by atoms with Gasteiger partial charge in [-0.3, -0.25) is 4.68 Å². The maximum atomic E-state index is 12.1. The zero-order valence-corrected chi connectivity index (χ0v) is 15.4. The van der Waals surface area contributed by atoms with Crippen molar-refractivity contribution >= 4 is 6.03 Å². The number of urea groups is 1. The Kier molecular flexibility index (Phi) is 6.27. The van der Waals surface area contributed by atoms with Crippen molar-refractivity contribution in [2.24, 2.45) is 7.05 Å². The van der Waals surface area contributed by atoms with Gasteiger partial charge in [0.25, 0.3) is 0 Å². The minimum atomic E-state index is -0.237. The number of ether oxygens (including phenoxy) is 2. The molecule has 0 fully saturated rings. The molecule has 7 nitrogen and oxygen atoms in total. The van der Waals surface area contributed by atoms with Gasteiger partial charge in [-0.25, -0.2) is 4.79 Å².